The lowest BCUT2D eigenvalue weighted by atomic mass is 9.84. The van der Waals surface area contributed by atoms with Gasteiger partial charge in [0.15, 0.2) is 0 Å². The summed E-state index contributed by atoms with van der Waals surface area (Å²) in [5.74, 6) is 0.375. The maximum atomic E-state index is 13.4. The molecule has 0 bridgehead atoms. The third-order valence-electron chi connectivity index (χ3n) is 7.62. The lowest BCUT2D eigenvalue weighted by Crippen LogP contribution is -2.51. The smallest absolute Gasteiger partial charge is 0.410 e. The van der Waals surface area contributed by atoms with Crippen LogP contribution in [0.2, 0.25) is 0 Å². The van der Waals surface area contributed by atoms with E-state index < -0.39 is 5.60 Å². The second-order valence-electron chi connectivity index (χ2n) is 11.4. The third-order valence-corrected chi connectivity index (χ3v) is 7.62. The predicted octanol–water partition coefficient (Wildman–Crippen LogP) is 3.52. The molecule has 3 atom stereocenters. The number of likely N-dealkylation sites (tertiary alicyclic amines) is 1. The van der Waals surface area contributed by atoms with E-state index in [1.165, 1.54) is 6.42 Å². The first-order valence-corrected chi connectivity index (χ1v) is 13.6. The fourth-order valence-electron chi connectivity index (χ4n) is 5.83. The van der Waals surface area contributed by atoms with Crippen molar-refractivity contribution in [1.82, 2.24) is 20.0 Å². The molecule has 3 unspecified atom stereocenters. The fourth-order valence-corrected chi connectivity index (χ4v) is 5.83. The molecule has 3 amide bonds. The van der Waals surface area contributed by atoms with Gasteiger partial charge in [0.05, 0.1) is 0 Å². The number of hydrogen-bond donors (Lipinski definition) is 1. The van der Waals surface area contributed by atoms with E-state index >= 15 is 0 Å². The molecule has 3 aliphatic rings. The number of ether oxygens (including phenoxy) is 1. The molecule has 8 nitrogen and oxygen atoms in total. The summed E-state index contributed by atoms with van der Waals surface area (Å²) in [7, 11) is 0. The van der Waals surface area contributed by atoms with Crippen LogP contribution in [0.25, 0.3) is 0 Å². The summed E-state index contributed by atoms with van der Waals surface area (Å²) in [6.07, 6.45) is 5.75. The molecule has 1 aromatic carbocycles. The van der Waals surface area contributed by atoms with Crippen molar-refractivity contribution in [3.05, 3.63) is 35.9 Å². The Morgan fingerprint density at radius 1 is 1.00 bits per heavy atom. The first-order chi connectivity index (χ1) is 17.2. The Bertz CT molecular complexity index is 908. The standard InChI is InChI=1S/C28H42N4O4/c1-28(2,3)36-27(35)31-18-16-30(17-19-31)15-9-14-29-25(33)24-20-22-12-7-8-13-23(22)32(24)26(34)21-10-5-4-6-11-21/h4-6,10-11,22-24H,7-9,12-20H2,1-3H3,(H,29,33). The normalized spacial score (nSPS) is 24.8. The lowest BCUT2D eigenvalue weighted by Gasteiger charge is -2.35. The molecule has 2 aliphatic heterocycles. The average molecular weight is 499 g/mol. The summed E-state index contributed by atoms with van der Waals surface area (Å²) in [5.41, 5.74) is 0.178. The zero-order chi connectivity index (χ0) is 25.7. The fraction of sp³-hybridized carbons (Fsp3) is 0.679. The molecule has 8 heteroatoms. The molecule has 1 saturated carbocycles. The summed E-state index contributed by atoms with van der Waals surface area (Å²) < 4.78 is 5.47. The van der Waals surface area contributed by atoms with Crippen LogP contribution in [-0.4, -0.2) is 89.6 Å². The summed E-state index contributed by atoms with van der Waals surface area (Å²) in [6, 6.07) is 9.14. The highest BCUT2D eigenvalue weighted by molar-refractivity contribution is 5.98. The number of piperazine rings is 1. The Morgan fingerprint density at radius 2 is 1.69 bits per heavy atom. The van der Waals surface area contributed by atoms with Gasteiger partial charge in [-0.2, -0.15) is 0 Å². The summed E-state index contributed by atoms with van der Waals surface area (Å²) >= 11 is 0. The van der Waals surface area contributed by atoms with Crippen LogP contribution in [0.4, 0.5) is 4.79 Å². The van der Waals surface area contributed by atoms with Crippen molar-refractivity contribution in [1.29, 1.82) is 0 Å². The highest BCUT2D eigenvalue weighted by Gasteiger charge is 2.47. The zero-order valence-electron chi connectivity index (χ0n) is 22.1. The molecule has 198 valence electrons. The Balaban J connectivity index is 1.24. The molecule has 2 saturated heterocycles. The molecule has 2 heterocycles. The second kappa shape index (κ2) is 11.6. The Labute approximate surface area is 215 Å². The molecule has 0 aromatic heterocycles. The maximum Gasteiger partial charge on any atom is 0.410 e. The van der Waals surface area contributed by atoms with E-state index in [-0.39, 0.29) is 30.0 Å². The highest BCUT2D eigenvalue weighted by Crippen LogP contribution is 2.40. The van der Waals surface area contributed by atoms with Crippen LogP contribution in [0.15, 0.2) is 30.3 Å². The minimum Gasteiger partial charge on any atom is -0.444 e. The third kappa shape index (κ3) is 6.58. The molecular weight excluding hydrogens is 456 g/mol. The van der Waals surface area contributed by atoms with Gasteiger partial charge in [0.1, 0.15) is 11.6 Å². The molecule has 1 N–H and O–H groups in total. The van der Waals surface area contributed by atoms with E-state index in [9.17, 15) is 14.4 Å². The van der Waals surface area contributed by atoms with Gasteiger partial charge in [0.2, 0.25) is 5.91 Å². The SMILES string of the molecule is CC(C)(C)OC(=O)N1CCN(CCCNC(=O)C2CC3CCCCC3N2C(=O)c2ccccc2)CC1. The first kappa shape index (κ1) is 26.5. The number of carbonyl (C=O) groups excluding carboxylic acids is 3. The van der Waals surface area contributed by atoms with Crippen LogP contribution in [0.3, 0.4) is 0 Å². The molecule has 3 fully saturated rings. The minimum absolute atomic E-state index is 0.0204. The number of benzene rings is 1. The van der Waals surface area contributed by atoms with Crippen molar-refractivity contribution in [2.75, 3.05) is 39.3 Å². The van der Waals surface area contributed by atoms with Gasteiger partial charge in [-0.15, -0.1) is 0 Å². The van der Waals surface area contributed by atoms with Crippen LogP contribution in [0.1, 0.15) is 69.7 Å². The minimum atomic E-state index is -0.481. The Morgan fingerprint density at radius 3 is 2.39 bits per heavy atom. The van der Waals surface area contributed by atoms with Gasteiger partial charge in [0, 0.05) is 44.3 Å². The molecule has 36 heavy (non-hydrogen) atoms. The van der Waals surface area contributed by atoms with Gasteiger partial charge < -0.3 is 19.9 Å². The number of nitrogens with zero attached hydrogens (tertiary/aromatic N) is 3. The van der Waals surface area contributed by atoms with Crippen molar-refractivity contribution in [3.8, 4) is 0 Å². The van der Waals surface area contributed by atoms with Gasteiger partial charge in [-0.25, -0.2) is 4.79 Å². The van der Waals surface area contributed by atoms with Crippen LogP contribution < -0.4 is 5.32 Å². The van der Waals surface area contributed by atoms with E-state index in [1.54, 1.807) is 4.90 Å². The number of rotatable bonds is 6. The van der Waals surface area contributed by atoms with Crippen LogP contribution in [0.5, 0.6) is 0 Å². The largest absolute Gasteiger partial charge is 0.444 e. The predicted molar refractivity (Wildman–Crippen MR) is 139 cm³/mol. The Kier molecular flexibility index (Phi) is 8.54. The van der Waals surface area contributed by atoms with Crippen LogP contribution in [-0.2, 0) is 9.53 Å². The molecule has 0 spiro atoms. The van der Waals surface area contributed by atoms with Gasteiger partial charge in [-0.1, -0.05) is 31.0 Å². The van der Waals surface area contributed by atoms with Gasteiger partial charge in [0.25, 0.3) is 5.91 Å². The topological polar surface area (TPSA) is 82.2 Å². The van der Waals surface area contributed by atoms with Gasteiger partial charge >= 0.3 is 6.09 Å². The summed E-state index contributed by atoms with van der Waals surface area (Å²) in [6.45, 7) is 10.0. The number of nitrogens with one attached hydrogen (secondary N) is 1. The van der Waals surface area contributed by atoms with Gasteiger partial charge in [-0.3, -0.25) is 14.5 Å². The van der Waals surface area contributed by atoms with Crippen molar-refractivity contribution >= 4 is 17.9 Å². The van der Waals surface area contributed by atoms with E-state index in [0.29, 0.717) is 31.1 Å². The van der Waals surface area contributed by atoms with E-state index in [1.807, 2.05) is 56.0 Å². The van der Waals surface area contributed by atoms with Crippen LogP contribution in [0, 0.1) is 5.92 Å². The van der Waals surface area contributed by atoms with Crippen molar-refractivity contribution in [2.24, 2.45) is 5.92 Å². The van der Waals surface area contributed by atoms with Crippen molar-refractivity contribution in [2.45, 2.75) is 77.0 Å². The number of carbonyl (C=O) groups is 3. The number of hydrogen-bond acceptors (Lipinski definition) is 5. The summed E-state index contributed by atoms with van der Waals surface area (Å²) in [4.78, 5) is 44.9. The molecule has 1 aliphatic carbocycles. The molecule has 1 aromatic rings. The highest BCUT2D eigenvalue weighted by atomic mass is 16.6. The van der Waals surface area contributed by atoms with E-state index in [2.05, 4.69) is 10.2 Å². The van der Waals surface area contributed by atoms with E-state index in [4.69, 9.17) is 4.74 Å². The zero-order valence-corrected chi connectivity index (χ0v) is 22.1. The Hall–Kier alpha value is -2.61. The molecule has 4 rings (SSSR count). The van der Waals surface area contributed by atoms with Crippen LogP contribution >= 0.6 is 0 Å². The van der Waals surface area contributed by atoms with Gasteiger partial charge in [-0.05, 0) is 71.0 Å². The lowest BCUT2D eigenvalue weighted by molar-refractivity contribution is -0.125. The van der Waals surface area contributed by atoms with E-state index in [0.717, 1.165) is 51.7 Å². The second-order valence-corrected chi connectivity index (χ2v) is 11.4. The number of amides is 3. The van der Waals surface area contributed by atoms with Crippen molar-refractivity contribution in [3.63, 3.8) is 0 Å². The maximum absolute atomic E-state index is 13.4. The monoisotopic (exact) mass is 498 g/mol. The van der Waals surface area contributed by atoms with Crippen molar-refractivity contribution < 1.29 is 19.1 Å². The molecular formula is C28H42N4O4. The first-order valence-electron chi connectivity index (χ1n) is 13.6. The average Bonchev–Trinajstić information content (AvgIpc) is 3.25. The summed E-state index contributed by atoms with van der Waals surface area (Å²) in [5, 5.41) is 3.12. The quantitative estimate of drug-likeness (QED) is 0.607. The number of fused-ring (bicyclic) bond motifs is 1. The molecule has 0 radical (unpaired) electrons.